The van der Waals surface area contributed by atoms with E-state index in [1.54, 1.807) is 6.07 Å². The molecule has 1 aromatic rings. The summed E-state index contributed by atoms with van der Waals surface area (Å²) in [5.41, 5.74) is -4.10. The molecule has 3 aliphatic rings. The minimum atomic E-state index is -4.77. The lowest BCUT2D eigenvalue weighted by molar-refractivity contribution is -0.138. The van der Waals surface area contributed by atoms with Crippen molar-refractivity contribution in [2.75, 3.05) is 25.0 Å². The summed E-state index contributed by atoms with van der Waals surface area (Å²) in [5.74, 6) is -0.709. The molecule has 9 nitrogen and oxygen atoms in total. The van der Waals surface area contributed by atoms with Crippen molar-refractivity contribution in [2.45, 2.75) is 37.2 Å². The van der Waals surface area contributed by atoms with E-state index in [4.69, 9.17) is 21.3 Å². The second kappa shape index (κ2) is 9.25. The number of fused-ring (bicyclic) bond motifs is 2. The van der Waals surface area contributed by atoms with Crippen molar-refractivity contribution in [2.24, 2.45) is 0 Å². The quantitative estimate of drug-likeness (QED) is 0.367. The van der Waals surface area contributed by atoms with Crippen LogP contribution in [0.15, 0.2) is 30.4 Å². The number of hydrogen-bond donors (Lipinski definition) is 4. The van der Waals surface area contributed by atoms with Crippen molar-refractivity contribution in [1.29, 1.82) is 21.3 Å². The smallest absolute Gasteiger partial charge is 0.379 e. The number of carbonyl (C=O) groups excluding carboxylic acids is 1. The van der Waals surface area contributed by atoms with E-state index in [0.29, 0.717) is 19.2 Å². The van der Waals surface area contributed by atoms with Crippen LogP contribution in [0.25, 0.3) is 0 Å². The topological polar surface area (TPSA) is 151 Å². The van der Waals surface area contributed by atoms with Crippen molar-refractivity contribution in [1.82, 2.24) is 9.80 Å². The summed E-state index contributed by atoms with van der Waals surface area (Å²) in [6.07, 6.45) is -1.32. The Hall–Kier alpha value is -3.74. The molecule has 0 radical (unpaired) electrons. The Kier molecular flexibility index (Phi) is 6.77. The van der Waals surface area contributed by atoms with Gasteiger partial charge in [-0.2, -0.15) is 23.7 Å². The van der Waals surface area contributed by atoms with Gasteiger partial charge in [0.15, 0.2) is 5.60 Å². The average Bonchev–Trinajstić information content (AvgIpc) is 2.76. The molecule has 0 saturated carbocycles. The molecule has 12 heteroatoms. The molecule has 4 rings (SSSR count). The molecule has 2 unspecified atom stereocenters. The number of anilines is 1. The number of aliphatic hydroxyl groups is 1. The Morgan fingerprint density at radius 1 is 1.26 bits per heavy atom. The summed E-state index contributed by atoms with van der Waals surface area (Å²) >= 11 is 0. The molecule has 1 amide bonds. The number of nitrogens with one attached hydrogen (secondary N) is 3. The van der Waals surface area contributed by atoms with Gasteiger partial charge >= 0.3 is 6.18 Å². The maximum Gasteiger partial charge on any atom is 0.417 e. The Bertz CT molecular complexity index is 1120. The number of allylic oxidation sites excluding steroid dienone is 1. The summed E-state index contributed by atoms with van der Waals surface area (Å²) in [6.45, 7) is 2.12. The van der Waals surface area contributed by atoms with Crippen molar-refractivity contribution in [3.8, 4) is 12.1 Å². The first kappa shape index (κ1) is 24.9. The van der Waals surface area contributed by atoms with Crippen LogP contribution >= 0.6 is 0 Å². The van der Waals surface area contributed by atoms with Gasteiger partial charge in [0.05, 0.1) is 17.2 Å². The first-order chi connectivity index (χ1) is 15.9. The second-order valence-corrected chi connectivity index (χ2v) is 8.49. The van der Waals surface area contributed by atoms with Crippen molar-refractivity contribution >= 4 is 23.1 Å². The number of carbonyl (C=O) groups is 1. The lowest BCUT2D eigenvalue weighted by atomic mass is 9.86. The number of benzene rings is 1. The molecule has 3 aliphatic heterocycles. The van der Waals surface area contributed by atoms with Crippen molar-refractivity contribution < 1.29 is 23.1 Å². The van der Waals surface area contributed by atoms with Crippen LogP contribution in [0, 0.1) is 33.5 Å². The number of piperazine rings is 1. The molecule has 0 spiro atoms. The number of amides is 1. The van der Waals surface area contributed by atoms with Gasteiger partial charge in [-0.3, -0.25) is 20.5 Å². The Morgan fingerprint density at radius 2 is 1.91 bits per heavy atom. The number of alkyl halides is 3. The van der Waals surface area contributed by atoms with Gasteiger partial charge in [-0.05, 0) is 43.7 Å². The molecular weight excluding hydrogens is 451 g/mol. The summed E-state index contributed by atoms with van der Waals surface area (Å²) < 4.78 is 39.5. The molecular formula is C22H22F3N7O2. The predicted molar refractivity (Wildman–Crippen MR) is 116 cm³/mol. The molecule has 0 aliphatic carbocycles. The van der Waals surface area contributed by atoms with Crippen LogP contribution in [0.1, 0.15) is 24.5 Å². The van der Waals surface area contributed by atoms with Gasteiger partial charge in [0.25, 0.3) is 5.91 Å². The molecule has 3 fully saturated rings. The number of rotatable bonds is 6. The Balaban J connectivity index is 1.61. The van der Waals surface area contributed by atoms with E-state index in [-0.39, 0.29) is 35.9 Å². The highest BCUT2D eigenvalue weighted by Gasteiger charge is 2.47. The minimum absolute atomic E-state index is 0.0288. The molecule has 4 N–H and O–H groups in total. The highest BCUT2D eigenvalue weighted by molar-refractivity contribution is 6.08. The van der Waals surface area contributed by atoms with E-state index >= 15 is 0 Å². The third-order valence-corrected chi connectivity index (χ3v) is 5.80. The summed E-state index contributed by atoms with van der Waals surface area (Å²) in [7, 11) is 0. The fourth-order valence-corrected chi connectivity index (χ4v) is 4.23. The van der Waals surface area contributed by atoms with Crippen LogP contribution in [0.5, 0.6) is 0 Å². The molecule has 0 aromatic heterocycles. The Labute approximate surface area is 193 Å². The lowest BCUT2D eigenvalue weighted by Gasteiger charge is -2.57. The van der Waals surface area contributed by atoms with Gasteiger partial charge in [-0.15, -0.1) is 0 Å². The summed E-state index contributed by atoms with van der Waals surface area (Å²) in [5, 5.41) is 46.0. The van der Waals surface area contributed by atoms with Crippen LogP contribution < -0.4 is 5.32 Å². The zero-order valence-electron chi connectivity index (χ0n) is 18.1. The predicted octanol–water partition coefficient (Wildman–Crippen LogP) is 2.10. The standard InChI is InChI=1S/C22H22F3N7O2/c1-21(34,20(33)30-15-4-2-13(8-26)18(6-15)22(23,24)25)12-31-10-16-7-17(11-31)32(16)19(29)5-3-14(28)9-27/h2-6,16-17,28-29,34H,7,10-12H2,1H3,(H,30,33)/b5-3-,28-14?,29-19?/t16?,17?,21-/m0/s1. The maximum absolute atomic E-state index is 13.2. The van der Waals surface area contributed by atoms with E-state index in [2.05, 4.69) is 5.32 Å². The average molecular weight is 473 g/mol. The van der Waals surface area contributed by atoms with Crippen molar-refractivity contribution in [3.05, 3.63) is 41.5 Å². The molecule has 3 saturated heterocycles. The number of nitriles is 2. The number of halogens is 3. The highest BCUT2D eigenvalue weighted by atomic mass is 19.4. The molecule has 3 atom stereocenters. The molecule has 178 valence electrons. The molecule has 1 aromatic carbocycles. The molecule has 34 heavy (non-hydrogen) atoms. The number of hydrogen-bond acceptors (Lipinski definition) is 7. The normalized spacial score (nSPS) is 21.7. The van der Waals surface area contributed by atoms with Crippen LogP contribution in [-0.2, 0) is 11.0 Å². The van der Waals surface area contributed by atoms with Gasteiger partial charge in [-0.25, -0.2) is 0 Å². The van der Waals surface area contributed by atoms with Crippen LogP contribution in [0.2, 0.25) is 0 Å². The molecule has 3 heterocycles. The fourth-order valence-electron chi connectivity index (χ4n) is 4.23. The summed E-state index contributed by atoms with van der Waals surface area (Å²) in [4.78, 5) is 16.3. The minimum Gasteiger partial charge on any atom is -0.379 e. The fraction of sp³-hybridized carbons (Fsp3) is 0.409. The third kappa shape index (κ3) is 5.25. The zero-order chi connectivity index (χ0) is 25.3. The monoisotopic (exact) mass is 473 g/mol. The first-order valence-corrected chi connectivity index (χ1v) is 10.3. The Morgan fingerprint density at radius 3 is 2.47 bits per heavy atom. The van der Waals surface area contributed by atoms with Gasteiger partial charge < -0.3 is 15.3 Å². The second-order valence-electron chi connectivity index (χ2n) is 8.49. The number of piperidine rings is 1. The lowest BCUT2D eigenvalue weighted by Crippen LogP contribution is -2.71. The van der Waals surface area contributed by atoms with Gasteiger partial charge in [-0.1, -0.05) is 0 Å². The van der Waals surface area contributed by atoms with Crippen LogP contribution in [0.3, 0.4) is 0 Å². The van der Waals surface area contributed by atoms with E-state index in [1.165, 1.54) is 31.2 Å². The number of nitrogens with zero attached hydrogens (tertiary/aromatic N) is 4. The maximum atomic E-state index is 13.2. The van der Waals surface area contributed by atoms with Gasteiger partial charge in [0.1, 0.15) is 17.6 Å². The van der Waals surface area contributed by atoms with E-state index in [1.807, 2.05) is 9.80 Å². The number of amidine groups is 1. The SMILES string of the molecule is C[C@](O)(CN1CC2CC(C1)N2C(=N)/C=C\C(=N)C#N)C(=O)Nc1ccc(C#N)c(C(F)(F)F)c1. The highest BCUT2D eigenvalue weighted by Crippen LogP contribution is 2.35. The van der Waals surface area contributed by atoms with Gasteiger partial charge in [0.2, 0.25) is 0 Å². The third-order valence-electron chi connectivity index (χ3n) is 5.80. The molecule has 2 bridgehead atoms. The van der Waals surface area contributed by atoms with Crippen LogP contribution in [0.4, 0.5) is 18.9 Å². The largest absolute Gasteiger partial charge is 0.417 e. The zero-order valence-corrected chi connectivity index (χ0v) is 18.1. The van der Waals surface area contributed by atoms with Crippen molar-refractivity contribution in [3.63, 3.8) is 0 Å². The van der Waals surface area contributed by atoms with E-state index in [0.717, 1.165) is 12.5 Å². The van der Waals surface area contributed by atoms with E-state index in [9.17, 15) is 23.1 Å². The first-order valence-electron chi connectivity index (χ1n) is 10.3. The van der Waals surface area contributed by atoms with Crippen LogP contribution in [-0.4, -0.2) is 69.7 Å². The summed E-state index contributed by atoms with van der Waals surface area (Å²) in [6, 6.07) is 5.85. The van der Waals surface area contributed by atoms with Gasteiger partial charge in [0, 0.05) is 37.4 Å². The van der Waals surface area contributed by atoms with E-state index < -0.39 is 28.8 Å².